The Morgan fingerprint density at radius 2 is 1.93 bits per heavy atom. The van der Waals surface area contributed by atoms with E-state index in [4.69, 9.17) is 0 Å². The van der Waals surface area contributed by atoms with Gasteiger partial charge in [-0.15, -0.1) is 0 Å². The lowest BCUT2D eigenvalue weighted by atomic mass is 9.91. The Morgan fingerprint density at radius 1 is 1.22 bits per heavy atom. The summed E-state index contributed by atoms with van der Waals surface area (Å²) in [5, 5.41) is 2.76. The quantitative estimate of drug-likeness (QED) is 0.811. The molecule has 27 heavy (non-hydrogen) atoms. The normalized spacial score (nSPS) is 22.5. The van der Waals surface area contributed by atoms with Crippen LogP contribution in [0.25, 0.3) is 0 Å². The average molecular weight is 369 g/mol. The van der Waals surface area contributed by atoms with Crippen molar-refractivity contribution >= 4 is 17.8 Å². The molecule has 1 aliphatic heterocycles. The van der Waals surface area contributed by atoms with Gasteiger partial charge >= 0.3 is 6.03 Å². The van der Waals surface area contributed by atoms with Crippen LogP contribution in [-0.2, 0) is 15.1 Å². The van der Waals surface area contributed by atoms with E-state index in [1.54, 1.807) is 11.8 Å². The lowest BCUT2D eigenvalue weighted by Crippen LogP contribution is -2.44. The zero-order chi connectivity index (χ0) is 19.6. The molecule has 2 aliphatic rings. The minimum Gasteiger partial charge on any atom is -0.319 e. The molecule has 1 saturated heterocycles. The standard InChI is InChI=1S/C21H27N3O3/c1-4-23(17-8-6-5-7-9-17)18(25)14-24-19(26)21(3,22-20(24)27)16-12-10-15(2)11-13-16/h8,10-13H,4-7,9,14H2,1-3H3,(H,22,27). The summed E-state index contributed by atoms with van der Waals surface area (Å²) in [5.74, 6) is -0.610. The highest BCUT2D eigenvalue weighted by atomic mass is 16.2. The number of hydrogen-bond donors (Lipinski definition) is 1. The summed E-state index contributed by atoms with van der Waals surface area (Å²) in [6, 6.07) is 6.96. The van der Waals surface area contributed by atoms with E-state index in [1.807, 2.05) is 38.1 Å². The Hall–Kier alpha value is -2.63. The van der Waals surface area contributed by atoms with Crippen LogP contribution < -0.4 is 5.32 Å². The van der Waals surface area contributed by atoms with Gasteiger partial charge in [0.1, 0.15) is 12.1 Å². The third kappa shape index (κ3) is 3.61. The third-order valence-corrected chi connectivity index (χ3v) is 5.43. The van der Waals surface area contributed by atoms with Crippen LogP contribution in [0.4, 0.5) is 4.79 Å². The molecule has 1 aliphatic carbocycles. The summed E-state index contributed by atoms with van der Waals surface area (Å²) in [6.45, 7) is 5.85. The van der Waals surface area contributed by atoms with Gasteiger partial charge in [0.25, 0.3) is 5.91 Å². The fourth-order valence-electron chi connectivity index (χ4n) is 3.75. The van der Waals surface area contributed by atoms with E-state index in [9.17, 15) is 14.4 Å². The predicted molar refractivity (Wildman–Crippen MR) is 103 cm³/mol. The Balaban J connectivity index is 1.78. The minimum absolute atomic E-state index is 0.220. The van der Waals surface area contributed by atoms with Gasteiger partial charge in [0.2, 0.25) is 5.91 Å². The first-order valence-electron chi connectivity index (χ1n) is 9.57. The Kier molecular flexibility index (Phi) is 5.35. The first kappa shape index (κ1) is 19.1. The maximum Gasteiger partial charge on any atom is 0.325 e. The molecule has 0 spiro atoms. The Morgan fingerprint density at radius 3 is 2.52 bits per heavy atom. The highest BCUT2D eigenvalue weighted by Gasteiger charge is 2.49. The summed E-state index contributed by atoms with van der Waals surface area (Å²) in [4.78, 5) is 41.0. The summed E-state index contributed by atoms with van der Waals surface area (Å²) in [6.07, 6.45) is 6.11. The molecule has 6 nitrogen and oxygen atoms in total. The zero-order valence-electron chi connectivity index (χ0n) is 16.2. The lowest BCUT2D eigenvalue weighted by molar-refractivity contribution is -0.138. The lowest BCUT2D eigenvalue weighted by Gasteiger charge is -2.28. The van der Waals surface area contributed by atoms with Crippen molar-refractivity contribution in [2.24, 2.45) is 0 Å². The smallest absolute Gasteiger partial charge is 0.319 e. The maximum absolute atomic E-state index is 13.0. The summed E-state index contributed by atoms with van der Waals surface area (Å²) >= 11 is 0. The second-order valence-corrected chi connectivity index (χ2v) is 7.39. The predicted octanol–water partition coefficient (Wildman–Crippen LogP) is 3.07. The van der Waals surface area contributed by atoms with E-state index < -0.39 is 17.5 Å². The van der Waals surface area contributed by atoms with Gasteiger partial charge in [-0.25, -0.2) is 4.79 Å². The van der Waals surface area contributed by atoms with Gasteiger partial charge in [0, 0.05) is 12.2 Å². The molecule has 1 unspecified atom stereocenters. The number of hydrogen-bond acceptors (Lipinski definition) is 3. The molecule has 1 N–H and O–H groups in total. The van der Waals surface area contributed by atoms with Gasteiger partial charge in [-0.1, -0.05) is 35.9 Å². The number of carbonyl (C=O) groups excluding carboxylic acids is 3. The molecule has 1 atom stereocenters. The number of allylic oxidation sites excluding steroid dienone is 2. The Bertz CT molecular complexity index is 784. The second kappa shape index (κ2) is 7.55. The monoisotopic (exact) mass is 369 g/mol. The second-order valence-electron chi connectivity index (χ2n) is 7.39. The van der Waals surface area contributed by atoms with Gasteiger partial charge in [-0.3, -0.25) is 14.5 Å². The Labute approximate surface area is 160 Å². The summed E-state index contributed by atoms with van der Waals surface area (Å²) in [7, 11) is 0. The number of carbonyl (C=O) groups is 3. The van der Waals surface area contributed by atoms with E-state index in [0.717, 1.165) is 41.8 Å². The number of nitrogens with zero attached hydrogens (tertiary/aromatic N) is 2. The van der Waals surface area contributed by atoms with Crippen molar-refractivity contribution in [2.75, 3.05) is 13.1 Å². The first-order chi connectivity index (χ1) is 12.9. The van der Waals surface area contributed by atoms with E-state index in [2.05, 4.69) is 11.4 Å². The molecule has 144 valence electrons. The van der Waals surface area contributed by atoms with Crippen LogP contribution in [-0.4, -0.2) is 40.7 Å². The van der Waals surface area contributed by atoms with E-state index in [0.29, 0.717) is 12.1 Å². The van der Waals surface area contributed by atoms with Crippen molar-refractivity contribution in [3.63, 3.8) is 0 Å². The number of likely N-dealkylation sites (N-methyl/N-ethyl adjacent to an activating group) is 1. The number of rotatable bonds is 5. The highest BCUT2D eigenvalue weighted by Crippen LogP contribution is 2.29. The van der Waals surface area contributed by atoms with Crippen molar-refractivity contribution < 1.29 is 14.4 Å². The molecule has 1 fully saturated rings. The largest absolute Gasteiger partial charge is 0.325 e. The van der Waals surface area contributed by atoms with Crippen molar-refractivity contribution in [2.45, 2.75) is 52.0 Å². The van der Waals surface area contributed by atoms with Crippen LogP contribution >= 0.6 is 0 Å². The maximum atomic E-state index is 13.0. The number of imide groups is 1. The summed E-state index contributed by atoms with van der Waals surface area (Å²) in [5.41, 5.74) is 1.64. The molecular weight excluding hydrogens is 342 g/mol. The van der Waals surface area contributed by atoms with Crippen LogP contribution in [0.5, 0.6) is 0 Å². The van der Waals surface area contributed by atoms with Crippen molar-refractivity contribution in [1.29, 1.82) is 0 Å². The van der Waals surface area contributed by atoms with Gasteiger partial charge in [0.05, 0.1) is 0 Å². The molecule has 3 rings (SSSR count). The number of aryl methyl sites for hydroxylation is 1. The molecular formula is C21H27N3O3. The molecule has 0 radical (unpaired) electrons. The SMILES string of the molecule is CCN(C(=O)CN1C(=O)NC(C)(c2ccc(C)cc2)C1=O)C1=CCCCC1. The number of nitrogens with one attached hydrogen (secondary N) is 1. The van der Waals surface area contributed by atoms with Crippen molar-refractivity contribution in [1.82, 2.24) is 15.1 Å². The molecule has 1 heterocycles. The molecule has 0 saturated carbocycles. The topological polar surface area (TPSA) is 69.7 Å². The highest BCUT2D eigenvalue weighted by molar-refractivity contribution is 6.09. The van der Waals surface area contributed by atoms with E-state index in [-0.39, 0.29) is 12.5 Å². The molecule has 4 amide bonds. The molecule has 0 bridgehead atoms. The minimum atomic E-state index is -1.15. The van der Waals surface area contributed by atoms with Crippen LogP contribution in [0.15, 0.2) is 36.0 Å². The molecule has 1 aromatic rings. The zero-order valence-corrected chi connectivity index (χ0v) is 16.2. The van der Waals surface area contributed by atoms with Crippen molar-refractivity contribution in [3.8, 4) is 0 Å². The van der Waals surface area contributed by atoms with Crippen LogP contribution in [0.1, 0.15) is 50.7 Å². The number of amides is 4. The van der Waals surface area contributed by atoms with Gasteiger partial charge < -0.3 is 10.2 Å². The first-order valence-corrected chi connectivity index (χ1v) is 9.57. The fraction of sp³-hybridized carbons (Fsp3) is 0.476. The van der Waals surface area contributed by atoms with Gasteiger partial charge in [0.15, 0.2) is 0 Å². The van der Waals surface area contributed by atoms with Gasteiger partial charge in [-0.05, 0) is 52.0 Å². The van der Waals surface area contributed by atoms with E-state index >= 15 is 0 Å². The number of urea groups is 1. The molecule has 6 heteroatoms. The van der Waals surface area contributed by atoms with Crippen molar-refractivity contribution in [3.05, 3.63) is 47.2 Å². The molecule has 1 aromatic carbocycles. The average Bonchev–Trinajstić information content (AvgIpc) is 2.88. The molecule has 0 aromatic heterocycles. The van der Waals surface area contributed by atoms with Crippen LogP contribution in [0.2, 0.25) is 0 Å². The number of benzene rings is 1. The summed E-state index contributed by atoms with van der Waals surface area (Å²) < 4.78 is 0. The van der Waals surface area contributed by atoms with E-state index in [1.165, 1.54) is 0 Å². The van der Waals surface area contributed by atoms with Gasteiger partial charge in [-0.2, -0.15) is 0 Å². The van der Waals surface area contributed by atoms with Crippen LogP contribution in [0.3, 0.4) is 0 Å². The fourth-order valence-corrected chi connectivity index (χ4v) is 3.75. The third-order valence-electron chi connectivity index (χ3n) is 5.43. The van der Waals surface area contributed by atoms with Crippen LogP contribution in [0, 0.1) is 6.92 Å².